The second kappa shape index (κ2) is 8.99. The van der Waals surface area contributed by atoms with E-state index in [0.29, 0.717) is 27.7 Å². The predicted molar refractivity (Wildman–Crippen MR) is 122 cm³/mol. The van der Waals surface area contributed by atoms with E-state index in [1.165, 1.54) is 0 Å². The Morgan fingerprint density at radius 2 is 1.50 bits per heavy atom. The van der Waals surface area contributed by atoms with Gasteiger partial charge in [0.25, 0.3) is 11.8 Å². The number of carbonyl (C=O) groups excluding carboxylic acids is 2. The Morgan fingerprint density at radius 3 is 2.07 bits per heavy atom. The molecule has 2 amide bonds. The molecule has 0 bridgehead atoms. The molecule has 6 heteroatoms. The molecule has 1 fully saturated rings. The summed E-state index contributed by atoms with van der Waals surface area (Å²) in [4.78, 5) is 25.3. The topological polar surface area (TPSA) is 58.2 Å². The van der Waals surface area contributed by atoms with Gasteiger partial charge in [0, 0.05) is 33.8 Å². The predicted octanol–water partition coefficient (Wildman–Crippen LogP) is 5.74. The van der Waals surface area contributed by atoms with Crippen molar-refractivity contribution in [1.29, 1.82) is 0 Å². The van der Waals surface area contributed by atoms with Gasteiger partial charge in [0.1, 0.15) is 0 Å². The number of carbonyl (C=O) groups is 2. The first-order valence-electron chi connectivity index (χ1n) is 10.2. The molecule has 0 aromatic heterocycles. The summed E-state index contributed by atoms with van der Waals surface area (Å²) in [7, 11) is 0. The average Bonchev–Trinajstić information content (AvgIpc) is 2.64. The van der Waals surface area contributed by atoms with Gasteiger partial charge in [-0.3, -0.25) is 9.59 Å². The molecule has 1 aliphatic carbocycles. The van der Waals surface area contributed by atoms with Crippen LogP contribution in [0.15, 0.2) is 48.5 Å². The lowest BCUT2D eigenvalue weighted by atomic mass is 9.62. The molecule has 2 unspecified atom stereocenters. The fraction of sp³-hybridized carbons (Fsp3) is 0.417. The molecule has 1 saturated carbocycles. The van der Waals surface area contributed by atoms with Crippen LogP contribution in [0.5, 0.6) is 0 Å². The van der Waals surface area contributed by atoms with E-state index in [1.807, 2.05) is 0 Å². The first kappa shape index (κ1) is 22.6. The molecule has 2 aromatic carbocycles. The van der Waals surface area contributed by atoms with E-state index in [1.54, 1.807) is 48.5 Å². The van der Waals surface area contributed by atoms with Crippen LogP contribution in [0.4, 0.5) is 0 Å². The summed E-state index contributed by atoms with van der Waals surface area (Å²) in [6.07, 6.45) is 2.63. The van der Waals surface area contributed by atoms with Gasteiger partial charge in [0.2, 0.25) is 0 Å². The zero-order chi connectivity index (χ0) is 21.9. The van der Waals surface area contributed by atoms with Crippen molar-refractivity contribution in [3.8, 4) is 0 Å². The lowest BCUT2D eigenvalue weighted by molar-refractivity contribution is 0.0592. The van der Waals surface area contributed by atoms with Crippen LogP contribution in [0.1, 0.15) is 60.7 Å². The second-order valence-electron chi connectivity index (χ2n) is 9.43. The number of halogens is 2. The molecule has 3 rings (SSSR count). The first-order valence-corrected chi connectivity index (χ1v) is 10.9. The molecule has 30 heavy (non-hydrogen) atoms. The number of hydrogen-bond donors (Lipinski definition) is 2. The third kappa shape index (κ3) is 5.99. The smallest absolute Gasteiger partial charge is 0.251 e. The molecule has 0 radical (unpaired) electrons. The van der Waals surface area contributed by atoms with E-state index in [-0.39, 0.29) is 28.7 Å². The molecule has 0 saturated heterocycles. The third-order valence-electron chi connectivity index (χ3n) is 5.63. The highest BCUT2D eigenvalue weighted by Crippen LogP contribution is 2.45. The summed E-state index contributed by atoms with van der Waals surface area (Å²) in [6.45, 7) is 7.12. The third-order valence-corrected chi connectivity index (χ3v) is 6.10. The van der Waals surface area contributed by atoms with Crippen LogP contribution >= 0.6 is 23.2 Å². The van der Waals surface area contributed by atoms with Gasteiger partial charge >= 0.3 is 0 Å². The molecule has 160 valence electrons. The second-order valence-corrected chi connectivity index (χ2v) is 10.3. The Bertz CT molecular complexity index is 944. The van der Waals surface area contributed by atoms with Crippen molar-refractivity contribution in [2.75, 3.05) is 6.54 Å². The summed E-state index contributed by atoms with van der Waals surface area (Å²) in [5.41, 5.74) is 1.01. The molecular formula is C24H28Cl2N2O2. The van der Waals surface area contributed by atoms with Gasteiger partial charge in [-0.05, 0) is 66.5 Å². The molecule has 0 aliphatic heterocycles. The summed E-state index contributed by atoms with van der Waals surface area (Å²) < 4.78 is 0. The van der Waals surface area contributed by atoms with Crippen LogP contribution in [0.25, 0.3) is 0 Å². The SMILES string of the molecule is CC1(C)CC(NC(=O)c2cccc(Cl)c2)CC(C)(CNC(=O)c2cccc(Cl)c2)C1. The van der Waals surface area contributed by atoms with Gasteiger partial charge in [0.05, 0.1) is 0 Å². The maximum absolute atomic E-state index is 12.7. The van der Waals surface area contributed by atoms with E-state index in [4.69, 9.17) is 23.2 Å². The van der Waals surface area contributed by atoms with Crippen LogP contribution in [0.2, 0.25) is 10.0 Å². The van der Waals surface area contributed by atoms with Crippen LogP contribution < -0.4 is 10.6 Å². The van der Waals surface area contributed by atoms with Crippen LogP contribution in [-0.2, 0) is 0 Å². The highest BCUT2D eigenvalue weighted by Gasteiger charge is 2.42. The monoisotopic (exact) mass is 446 g/mol. The van der Waals surface area contributed by atoms with Crippen molar-refractivity contribution in [3.05, 3.63) is 69.7 Å². The quantitative estimate of drug-likeness (QED) is 0.614. The van der Waals surface area contributed by atoms with Crippen molar-refractivity contribution in [3.63, 3.8) is 0 Å². The van der Waals surface area contributed by atoms with Crippen LogP contribution in [-0.4, -0.2) is 24.4 Å². The maximum Gasteiger partial charge on any atom is 0.251 e. The van der Waals surface area contributed by atoms with Crippen LogP contribution in [0.3, 0.4) is 0 Å². The van der Waals surface area contributed by atoms with Crippen molar-refractivity contribution < 1.29 is 9.59 Å². The van der Waals surface area contributed by atoms with Gasteiger partial charge in [-0.1, -0.05) is 56.1 Å². The Kier molecular flexibility index (Phi) is 6.78. The minimum Gasteiger partial charge on any atom is -0.351 e. The molecule has 2 atom stereocenters. The molecule has 0 heterocycles. The molecule has 2 aromatic rings. The summed E-state index contributed by atoms with van der Waals surface area (Å²) >= 11 is 12.0. The molecular weight excluding hydrogens is 419 g/mol. The largest absolute Gasteiger partial charge is 0.351 e. The molecule has 2 N–H and O–H groups in total. The van der Waals surface area contributed by atoms with Crippen LogP contribution in [0, 0.1) is 10.8 Å². The first-order chi connectivity index (χ1) is 14.1. The Morgan fingerprint density at radius 1 is 0.933 bits per heavy atom. The van der Waals surface area contributed by atoms with E-state index < -0.39 is 0 Å². The number of benzene rings is 2. The van der Waals surface area contributed by atoms with E-state index in [2.05, 4.69) is 31.4 Å². The van der Waals surface area contributed by atoms with Crippen molar-refractivity contribution in [2.24, 2.45) is 10.8 Å². The number of hydrogen-bond acceptors (Lipinski definition) is 2. The molecule has 1 aliphatic rings. The van der Waals surface area contributed by atoms with E-state index in [0.717, 1.165) is 19.3 Å². The minimum absolute atomic E-state index is 0.0216. The van der Waals surface area contributed by atoms with Crippen molar-refractivity contribution in [1.82, 2.24) is 10.6 Å². The normalized spacial score (nSPS) is 22.9. The Labute approximate surface area is 188 Å². The highest BCUT2D eigenvalue weighted by atomic mass is 35.5. The fourth-order valence-corrected chi connectivity index (χ4v) is 5.17. The van der Waals surface area contributed by atoms with Gasteiger partial charge in [-0.15, -0.1) is 0 Å². The average molecular weight is 447 g/mol. The summed E-state index contributed by atoms with van der Waals surface area (Å²) in [6, 6.07) is 13.9. The fourth-order valence-electron chi connectivity index (χ4n) is 4.79. The van der Waals surface area contributed by atoms with Gasteiger partial charge in [0.15, 0.2) is 0 Å². The lowest BCUT2D eigenvalue weighted by Gasteiger charge is -2.47. The summed E-state index contributed by atoms with van der Waals surface area (Å²) in [5, 5.41) is 7.31. The van der Waals surface area contributed by atoms with Crippen molar-refractivity contribution >= 4 is 35.0 Å². The van der Waals surface area contributed by atoms with Gasteiger partial charge < -0.3 is 10.6 Å². The van der Waals surface area contributed by atoms with Crippen molar-refractivity contribution in [2.45, 2.75) is 46.1 Å². The summed E-state index contributed by atoms with van der Waals surface area (Å²) in [5.74, 6) is -0.257. The minimum atomic E-state index is -0.137. The Balaban J connectivity index is 1.67. The zero-order valence-electron chi connectivity index (χ0n) is 17.6. The Hall–Kier alpha value is -2.04. The molecule has 0 spiro atoms. The van der Waals surface area contributed by atoms with E-state index >= 15 is 0 Å². The standard InChI is InChI=1S/C24H28Cl2N2O2/c1-23(2)12-20(28-22(30)17-7-5-9-19(26)11-17)13-24(3,14-23)15-27-21(29)16-6-4-8-18(25)10-16/h4-11,20H,12-15H2,1-3H3,(H,27,29)(H,28,30). The molecule has 4 nitrogen and oxygen atoms in total. The highest BCUT2D eigenvalue weighted by molar-refractivity contribution is 6.31. The number of nitrogens with one attached hydrogen (secondary N) is 2. The van der Waals surface area contributed by atoms with E-state index in [9.17, 15) is 9.59 Å². The maximum atomic E-state index is 12.7. The lowest BCUT2D eigenvalue weighted by Crippen LogP contribution is -2.50. The zero-order valence-corrected chi connectivity index (χ0v) is 19.1. The van der Waals surface area contributed by atoms with Gasteiger partial charge in [-0.25, -0.2) is 0 Å². The van der Waals surface area contributed by atoms with Gasteiger partial charge in [-0.2, -0.15) is 0 Å². The number of amides is 2. The number of rotatable bonds is 5.